The van der Waals surface area contributed by atoms with E-state index in [4.69, 9.17) is 11.6 Å². The molecule has 0 unspecified atom stereocenters. The number of non-ortho nitro benzene ring substituents is 1. The molecule has 2 aromatic carbocycles. The van der Waals surface area contributed by atoms with E-state index < -0.39 is 37.0 Å². The molecule has 0 radical (unpaired) electrons. The van der Waals surface area contributed by atoms with Gasteiger partial charge in [-0.05, 0) is 18.2 Å². The van der Waals surface area contributed by atoms with Crippen LogP contribution in [0.2, 0.25) is 5.02 Å². The van der Waals surface area contributed by atoms with Gasteiger partial charge >= 0.3 is 0 Å². The third-order valence-corrected chi connectivity index (χ3v) is 5.59. The van der Waals surface area contributed by atoms with Crippen molar-refractivity contribution in [2.45, 2.75) is 15.5 Å². The average Bonchev–Trinajstić information content (AvgIpc) is 2.56. The number of sulfone groups is 1. The van der Waals surface area contributed by atoms with Crippen LogP contribution in [-0.4, -0.2) is 31.3 Å². The number of hydrogen-bond donors (Lipinski definition) is 1. The molecule has 2 aromatic rings. The highest BCUT2D eigenvalue weighted by Gasteiger charge is 2.21. The van der Waals surface area contributed by atoms with Crippen molar-refractivity contribution in [3.63, 3.8) is 0 Å². The van der Waals surface area contributed by atoms with Crippen molar-refractivity contribution in [3.05, 3.63) is 57.1 Å². The molecule has 0 saturated heterocycles. The predicted molar refractivity (Wildman–Crippen MR) is 97.5 cm³/mol. The summed E-state index contributed by atoms with van der Waals surface area (Å²) in [4.78, 5) is 22.1. The summed E-state index contributed by atoms with van der Waals surface area (Å²) in [6, 6.07) is 6.77. The number of benzene rings is 2. The Kier molecular flexibility index (Phi) is 6.39. The predicted octanol–water partition coefficient (Wildman–Crippen LogP) is 4.22. The van der Waals surface area contributed by atoms with Crippen LogP contribution >= 0.6 is 23.4 Å². The van der Waals surface area contributed by atoms with E-state index in [1.54, 1.807) is 0 Å². The highest BCUT2D eigenvalue weighted by Crippen LogP contribution is 2.37. The molecule has 144 valence electrons. The normalized spacial score (nSPS) is 11.4. The number of carbonyl (C=O) groups is 1. The Morgan fingerprint density at radius 3 is 2.52 bits per heavy atom. The molecule has 0 aliphatic carbocycles. The van der Waals surface area contributed by atoms with E-state index in [0.717, 1.165) is 24.5 Å². The molecule has 0 saturated carbocycles. The Morgan fingerprint density at radius 1 is 1.30 bits per heavy atom. The van der Waals surface area contributed by atoms with Crippen molar-refractivity contribution in [2.75, 3.05) is 11.6 Å². The summed E-state index contributed by atoms with van der Waals surface area (Å²) in [5.74, 6) is -3.71. The number of rotatable bonds is 6. The number of nitro groups is 1. The molecule has 0 atom stereocenters. The maximum absolute atomic E-state index is 12.7. The van der Waals surface area contributed by atoms with Gasteiger partial charge in [0.1, 0.15) is 0 Å². The van der Waals surface area contributed by atoms with E-state index in [2.05, 4.69) is 5.32 Å². The zero-order valence-corrected chi connectivity index (χ0v) is 15.9. The van der Waals surface area contributed by atoms with Gasteiger partial charge in [-0.2, -0.15) is 8.78 Å². The van der Waals surface area contributed by atoms with Crippen LogP contribution in [0, 0.1) is 10.1 Å². The first-order chi connectivity index (χ1) is 12.5. The minimum absolute atomic E-state index is 0.0195. The molecular weight excluding hydrogens is 426 g/mol. The van der Waals surface area contributed by atoms with Crippen molar-refractivity contribution in [1.82, 2.24) is 0 Å². The smallest absolute Gasteiger partial charge is 0.289 e. The number of hydrogen-bond acceptors (Lipinski definition) is 6. The van der Waals surface area contributed by atoms with Crippen LogP contribution < -0.4 is 5.32 Å². The lowest BCUT2D eigenvalue weighted by Crippen LogP contribution is -2.14. The summed E-state index contributed by atoms with van der Waals surface area (Å²) >= 11 is 6.00. The first-order valence-electron chi connectivity index (χ1n) is 7.03. The second-order valence-electron chi connectivity index (χ2n) is 5.19. The third-order valence-electron chi connectivity index (χ3n) is 3.21. The van der Waals surface area contributed by atoms with E-state index in [-0.39, 0.29) is 32.9 Å². The van der Waals surface area contributed by atoms with Crippen LogP contribution in [0.25, 0.3) is 0 Å². The van der Waals surface area contributed by atoms with Crippen molar-refractivity contribution < 1.29 is 26.9 Å². The summed E-state index contributed by atoms with van der Waals surface area (Å²) in [7, 11) is -3.83. The number of nitro benzene ring substituents is 1. The molecular formula is C15H11ClF2N2O5S2. The number of alkyl halides is 2. The van der Waals surface area contributed by atoms with Gasteiger partial charge in [0.15, 0.2) is 9.84 Å². The largest absolute Gasteiger partial charge is 0.321 e. The SMILES string of the molecule is CS(=O)(=O)c1cc(C(=O)Nc2cccc(Cl)c2SC(F)F)cc([N+](=O)[O-])c1. The summed E-state index contributed by atoms with van der Waals surface area (Å²) in [6.07, 6.45) is 0.835. The molecule has 12 heteroatoms. The molecule has 0 heterocycles. The van der Waals surface area contributed by atoms with Crippen molar-refractivity contribution in [3.8, 4) is 0 Å². The van der Waals surface area contributed by atoms with Crippen LogP contribution in [0.4, 0.5) is 20.2 Å². The Hall–Kier alpha value is -2.24. The maximum atomic E-state index is 12.7. The van der Waals surface area contributed by atoms with E-state index in [9.17, 15) is 32.1 Å². The van der Waals surface area contributed by atoms with Crippen molar-refractivity contribution in [2.24, 2.45) is 0 Å². The molecule has 0 aliphatic rings. The standard InChI is InChI=1S/C15H11ClF2N2O5S2/c1-27(24,25)10-6-8(5-9(7-10)20(22)23)14(21)19-12-4-2-3-11(16)13(12)26-15(17)18/h2-7,15H,1H3,(H,19,21). The topological polar surface area (TPSA) is 106 Å². The molecule has 0 spiro atoms. The number of amides is 1. The van der Waals surface area contributed by atoms with Gasteiger partial charge in [-0.25, -0.2) is 8.42 Å². The van der Waals surface area contributed by atoms with E-state index >= 15 is 0 Å². The highest BCUT2D eigenvalue weighted by molar-refractivity contribution is 7.99. The summed E-state index contributed by atoms with van der Waals surface area (Å²) in [5.41, 5.74) is -0.959. The lowest BCUT2D eigenvalue weighted by Gasteiger charge is -2.12. The third kappa shape index (κ3) is 5.37. The van der Waals surface area contributed by atoms with Gasteiger partial charge in [0.2, 0.25) is 0 Å². The van der Waals surface area contributed by atoms with Gasteiger partial charge in [0.25, 0.3) is 17.4 Å². The number of anilines is 1. The average molecular weight is 437 g/mol. The first-order valence-corrected chi connectivity index (χ1v) is 10.2. The molecule has 7 nitrogen and oxygen atoms in total. The van der Waals surface area contributed by atoms with Gasteiger partial charge in [0, 0.05) is 24.0 Å². The lowest BCUT2D eigenvalue weighted by molar-refractivity contribution is -0.385. The fraction of sp³-hybridized carbons (Fsp3) is 0.133. The fourth-order valence-corrected chi connectivity index (χ4v) is 3.63. The molecule has 0 aliphatic heterocycles. The Labute approximate surface area is 161 Å². The van der Waals surface area contributed by atoms with Gasteiger partial charge < -0.3 is 5.32 Å². The van der Waals surface area contributed by atoms with Gasteiger partial charge in [-0.3, -0.25) is 14.9 Å². The number of nitrogens with zero attached hydrogens (tertiary/aromatic N) is 1. The molecule has 1 amide bonds. The molecule has 1 N–H and O–H groups in total. The van der Waals surface area contributed by atoms with Gasteiger partial charge in [-0.1, -0.05) is 29.4 Å². The Balaban J connectivity index is 2.46. The van der Waals surface area contributed by atoms with E-state index in [1.807, 2.05) is 0 Å². The summed E-state index contributed by atoms with van der Waals surface area (Å²) < 4.78 is 48.8. The van der Waals surface area contributed by atoms with Crippen LogP contribution in [0.15, 0.2) is 46.2 Å². The monoisotopic (exact) mass is 436 g/mol. The molecule has 0 bridgehead atoms. The lowest BCUT2D eigenvalue weighted by atomic mass is 10.2. The van der Waals surface area contributed by atoms with Crippen LogP contribution in [0.5, 0.6) is 0 Å². The minimum Gasteiger partial charge on any atom is -0.321 e. The molecule has 2 rings (SSSR count). The first kappa shape index (κ1) is 21.1. The Morgan fingerprint density at radius 2 is 1.96 bits per heavy atom. The number of halogens is 3. The minimum atomic E-state index is -3.83. The zero-order valence-electron chi connectivity index (χ0n) is 13.5. The number of nitrogens with one attached hydrogen (secondary N) is 1. The van der Waals surface area contributed by atoms with Gasteiger partial charge in [0.05, 0.1) is 25.4 Å². The van der Waals surface area contributed by atoms with Gasteiger partial charge in [-0.15, -0.1) is 0 Å². The van der Waals surface area contributed by atoms with Crippen LogP contribution in [-0.2, 0) is 9.84 Å². The quantitative estimate of drug-likeness (QED) is 0.413. The van der Waals surface area contributed by atoms with E-state index in [1.165, 1.54) is 18.2 Å². The van der Waals surface area contributed by atoms with Crippen molar-refractivity contribution >= 4 is 50.5 Å². The highest BCUT2D eigenvalue weighted by atomic mass is 35.5. The maximum Gasteiger partial charge on any atom is 0.289 e. The second kappa shape index (κ2) is 8.19. The number of carbonyl (C=O) groups excluding carboxylic acids is 1. The van der Waals surface area contributed by atoms with Crippen LogP contribution in [0.3, 0.4) is 0 Å². The fourth-order valence-electron chi connectivity index (χ4n) is 2.04. The molecule has 27 heavy (non-hydrogen) atoms. The van der Waals surface area contributed by atoms with Crippen LogP contribution in [0.1, 0.15) is 10.4 Å². The Bertz CT molecular complexity index is 1020. The number of thioether (sulfide) groups is 1. The summed E-state index contributed by atoms with van der Waals surface area (Å²) in [5, 5.41) is 13.3. The second-order valence-corrected chi connectivity index (χ2v) is 8.62. The molecule has 0 fully saturated rings. The van der Waals surface area contributed by atoms with Crippen molar-refractivity contribution in [1.29, 1.82) is 0 Å². The van der Waals surface area contributed by atoms with E-state index in [0.29, 0.717) is 0 Å². The molecule has 0 aromatic heterocycles. The zero-order chi connectivity index (χ0) is 20.4. The summed E-state index contributed by atoms with van der Waals surface area (Å²) in [6.45, 7) is 0.